The minimum absolute atomic E-state index is 0.287. The zero-order chi connectivity index (χ0) is 15.2. The summed E-state index contributed by atoms with van der Waals surface area (Å²) in [5.74, 6) is 1.92. The molecule has 4 heteroatoms. The highest BCUT2D eigenvalue weighted by Gasteiger charge is 2.07. The monoisotopic (exact) mass is 294 g/mol. The second-order valence-electron chi connectivity index (χ2n) is 5.04. The molecule has 0 aliphatic carbocycles. The molecule has 3 aromatic rings. The fourth-order valence-corrected chi connectivity index (χ4v) is 2.19. The number of aryl methyl sites for hydroxylation is 1. The van der Waals surface area contributed by atoms with Crippen molar-refractivity contribution in [2.75, 3.05) is 0 Å². The van der Waals surface area contributed by atoms with E-state index in [1.807, 2.05) is 48.5 Å². The quantitative estimate of drug-likeness (QED) is 0.693. The highest BCUT2D eigenvalue weighted by atomic mass is 16.5. The lowest BCUT2D eigenvalue weighted by Crippen LogP contribution is -1.96. The van der Waals surface area contributed by atoms with Crippen LogP contribution in [0.5, 0.6) is 5.75 Å². The summed E-state index contributed by atoms with van der Waals surface area (Å²) in [4.78, 5) is 0. The Hall–Kier alpha value is -2.62. The maximum Gasteiger partial charge on any atom is 0.253 e. The molecule has 0 atom stereocenters. The van der Waals surface area contributed by atoms with E-state index < -0.39 is 0 Å². The molecule has 112 valence electrons. The predicted molar refractivity (Wildman–Crippen MR) is 83.7 cm³/mol. The van der Waals surface area contributed by atoms with Gasteiger partial charge in [0.25, 0.3) is 5.89 Å². The van der Waals surface area contributed by atoms with Crippen LogP contribution in [0, 0.1) is 0 Å². The summed E-state index contributed by atoms with van der Waals surface area (Å²) in [6, 6.07) is 18.1. The summed E-state index contributed by atoms with van der Waals surface area (Å²) in [6.45, 7) is 2.40. The maximum absolute atomic E-state index is 5.70. The molecule has 0 saturated carbocycles. The molecule has 2 aromatic carbocycles. The van der Waals surface area contributed by atoms with Gasteiger partial charge in [-0.05, 0) is 29.7 Å². The lowest BCUT2D eigenvalue weighted by Gasteiger charge is -2.04. The molecule has 0 radical (unpaired) electrons. The van der Waals surface area contributed by atoms with Crippen LogP contribution in [-0.2, 0) is 19.4 Å². The number of aromatic nitrogens is 2. The second-order valence-corrected chi connectivity index (χ2v) is 5.04. The largest absolute Gasteiger partial charge is 0.484 e. The molecular weight excluding hydrogens is 276 g/mol. The van der Waals surface area contributed by atoms with Gasteiger partial charge in [-0.2, -0.15) is 0 Å². The summed E-state index contributed by atoms with van der Waals surface area (Å²) in [5.41, 5.74) is 2.39. The van der Waals surface area contributed by atoms with Crippen molar-refractivity contribution in [1.82, 2.24) is 10.2 Å². The maximum atomic E-state index is 5.70. The molecule has 0 bridgehead atoms. The van der Waals surface area contributed by atoms with Crippen LogP contribution in [0.3, 0.4) is 0 Å². The lowest BCUT2D eigenvalue weighted by atomic mass is 10.2. The molecule has 1 heterocycles. The van der Waals surface area contributed by atoms with Crippen LogP contribution < -0.4 is 4.74 Å². The zero-order valence-electron chi connectivity index (χ0n) is 12.5. The van der Waals surface area contributed by atoms with Gasteiger partial charge in [0.1, 0.15) is 5.75 Å². The first-order valence-electron chi connectivity index (χ1n) is 7.40. The van der Waals surface area contributed by atoms with E-state index in [1.165, 1.54) is 5.56 Å². The minimum Gasteiger partial charge on any atom is -0.484 e. The third-order valence-electron chi connectivity index (χ3n) is 3.38. The van der Waals surface area contributed by atoms with E-state index in [0.717, 1.165) is 17.7 Å². The van der Waals surface area contributed by atoms with Crippen LogP contribution in [0.1, 0.15) is 29.8 Å². The number of ether oxygens (including phenoxy) is 1. The normalized spacial score (nSPS) is 10.6. The van der Waals surface area contributed by atoms with Gasteiger partial charge in [0, 0.05) is 0 Å². The second kappa shape index (κ2) is 6.89. The molecule has 0 spiro atoms. The van der Waals surface area contributed by atoms with E-state index in [2.05, 4.69) is 23.2 Å². The van der Waals surface area contributed by atoms with Gasteiger partial charge in [0.15, 0.2) is 6.61 Å². The Bertz CT molecular complexity index is 723. The van der Waals surface area contributed by atoms with E-state index >= 15 is 0 Å². The first kappa shape index (κ1) is 14.3. The summed E-state index contributed by atoms with van der Waals surface area (Å²) >= 11 is 0. The molecule has 3 rings (SSSR count). The van der Waals surface area contributed by atoms with Gasteiger partial charge in [0.2, 0.25) is 5.89 Å². The third-order valence-corrected chi connectivity index (χ3v) is 3.38. The van der Waals surface area contributed by atoms with Crippen LogP contribution >= 0.6 is 0 Å². The van der Waals surface area contributed by atoms with E-state index in [-0.39, 0.29) is 6.61 Å². The van der Waals surface area contributed by atoms with Crippen molar-refractivity contribution in [3.05, 3.63) is 77.5 Å². The number of hydrogen-bond donors (Lipinski definition) is 0. The van der Waals surface area contributed by atoms with Gasteiger partial charge in [-0.3, -0.25) is 0 Å². The van der Waals surface area contributed by atoms with Gasteiger partial charge >= 0.3 is 0 Å². The van der Waals surface area contributed by atoms with E-state index in [9.17, 15) is 0 Å². The van der Waals surface area contributed by atoms with Gasteiger partial charge in [-0.1, -0.05) is 49.4 Å². The Morgan fingerprint density at radius 1 is 0.909 bits per heavy atom. The standard InChI is InChI=1S/C18H18N2O2/c1-2-14-9-6-10-16(11-14)21-13-18-20-19-17(22-18)12-15-7-4-3-5-8-15/h3-11H,2,12-13H2,1H3. The Labute approximate surface area is 129 Å². The highest BCUT2D eigenvalue weighted by molar-refractivity contribution is 5.28. The van der Waals surface area contributed by atoms with Crippen molar-refractivity contribution in [3.63, 3.8) is 0 Å². The molecule has 0 amide bonds. The number of rotatable bonds is 6. The fraction of sp³-hybridized carbons (Fsp3) is 0.222. The molecule has 1 aromatic heterocycles. The van der Waals surface area contributed by atoms with Crippen molar-refractivity contribution < 1.29 is 9.15 Å². The average Bonchev–Trinajstić information content (AvgIpc) is 3.01. The van der Waals surface area contributed by atoms with E-state index in [1.54, 1.807) is 0 Å². The Kier molecular flexibility index (Phi) is 4.49. The molecule has 0 unspecified atom stereocenters. The Morgan fingerprint density at radius 2 is 1.68 bits per heavy atom. The first-order chi connectivity index (χ1) is 10.8. The number of nitrogens with zero attached hydrogens (tertiary/aromatic N) is 2. The molecular formula is C18H18N2O2. The molecule has 0 fully saturated rings. The van der Waals surface area contributed by atoms with E-state index in [4.69, 9.17) is 9.15 Å². The highest BCUT2D eigenvalue weighted by Crippen LogP contribution is 2.16. The van der Waals surface area contributed by atoms with Crippen LogP contribution in [0.4, 0.5) is 0 Å². The van der Waals surface area contributed by atoms with Crippen LogP contribution in [0.2, 0.25) is 0 Å². The number of hydrogen-bond acceptors (Lipinski definition) is 4. The third kappa shape index (κ3) is 3.73. The first-order valence-corrected chi connectivity index (χ1v) is 7.40. The smallest absolute Gasteiger partial charge is 0.253 e. The summed E-state index contributed by atoms with van der Waals surface area (Å²) in [6.07, 6.45) is 1.62. The summed E-state index contributed by atoms with van der Waals surface area (Å²) < 4.78 is 11.3. The van der Waals surface area contributed by atoms with Gasteiger partial charge in [-0.15, -0.1) is 10.2 Å². The Balaban J connectivity index is 1.59. The lowest BCUT2D eigenvalue weighted by molar-refractivity contribution is 0.259. The molecule has 22 heavy (non-hydrogen) atoms. The van der Waals surface area contributed by atoms with Gasteiger partial charge < -0.3 is 9.15 Å². The van der Waals surface area contributed by atoms with Crippen LogP contribution in [-0.4, -0.2) is 10.2 Å². The summed E-state index contributed by atoms with van der Waals surface area (Å²) in [7, 11) is 0. The van der Waals surface area contributed by atoms with Crippen molar-refractivity contribution in [1.29, 1.82) is 0 Å². The number of benzene rings is 2. The van der Waals surface area contributed by atoms with Gasteiger partial charge in [0.05, 0.1) is 6.42 Å². The van der Waals surface area contributed by atoms with Crippen LogP contribution in [0.15, 0.2) is 59.0 Å². The SMILES string of the molecule is CCc1cccc(OCc2nnc(Cc3ccccc3)o2)c1. The molecule has 0 N–H and O–H groups in total. The fourth-order valence-electron chi connectivity index (χ4n) is 2.19. The molecule has 0 aliphatic rings. The Morgan fingerprint density at radius 3 is 2.50 bits per heavy atom. The average molecular weight is 294 g/mol. The van der Waals surface area contributed by atoms with Crippen molar-refractivity contribution in [3.8, 4) is 5.75 Å². The molecule has 0 aliphatic heterocycles. The molecule has 0 saturated heterocycles. The predicted octanol–water partition coefficient (Wildman–Crippen LogP) is 3.80. The summed E-state index contributed by atoms with van der Waals surface area (Å²) in [5, 5.41) is 8.09. The topological polar surface area (TPSA) is 48.2 Å². The van der Waals surface area contributed by atoms with Crippen molar-refractivity contribution in [2.45, 2.75) is 26.4 Å². The van der Waals surface area contributed by atoms with Crippen molar-refractivity contribution in [2.24, 2.45) is 0 Å². The van der Waals surface area contributed by atoms with E-state index in [0.29, 0.717) is 18.2 Å². The van der Waals surface area contributed by atoms with Crippen LogP contribution in [0.25, 0.3) is 0 Å². The minimum atomic E-state index is 0.287. The van der Waals surface area contributed by atoms with Crippen molar-refractivity contribution >= 4 is 0 Å². The zero-order valence-corrected chi connectivity index (χ0v) is 12.5. The van der Waals surface area contributed by atoms with Gasteiger partial charge in [-0.25, -0.2) is 0 Å². The molecule has 4 nitrogen and oxygen atoms in total.